The Balaban J connectivity index is 2.54. The van der Waals surface area contributed by atoms with Crippen LogP contribution in [0.2, 0.25) is 0 Å². The molecule has 0 atom stereocenters. The van der Waals surface area contributed by atoms with Crippen LogP contribution in [0.3, 0.4) is 0 Å². The number of rotatable bonds is 11. The molecule has 4 heteroatoms. The number of nitrogens with one attached hydrogen (secondary N) is 1. The zero-order chi connectivity index (χ0) is 14.6. The summed E-state index contributed by atoms with van der Waals surface area (Å²) in [6.45, 7) is 8.03. The van der Waals surface area contributed by atoms with Gasteiger partial charge in [0.15, 0.2) is 0 Å². The molecule has 0 amide bonds. The fourth-order valence-electron chi connectivity index (χ4n) is 1.80. The first kappa shape index (κ1) is 16.8. The fourth-order valence-corrected chi connectivity index (χ4v) is 1.80. The van der Waals surface area contributed by atoms with E-state index in [1.54, 1.807) is 7.11 Å². The highest BCUT2D eigenvalue weighted by molar-refractivity contribution is 5.40. The standard InChI is InChI=1S/C16H27NO3/c1-4-8-17-13-14-6-7-15(18-3)12-16(14)20-11-10-19-9-5-2/h6-7,12,17H,4-5,8-11,13H2,1-3H3. The average molecular weight is 281 g/mol. The second-order valence-corrected chi connectivity index (χ2v) is 4.61. The first-order valence-corrected chi connectivity index (χ1v) is 7.40. The third-order valence-corrected chi connectivity index (χ3v) is 2.85. The molecule has 0 aliphatic rings. The molecular formula is C16H27NO3. The van der Waals surface area contributed by atoms with Crippen LogP contribution in [0, 0.1) is 0 Å². The number of methoxy groups -OCH3 is 1. The van der Waals surface area contributed by atoms with Crippen LogP contribution in [-0.4, -0.2) is 33.5 Å². The van der Waals surface area contributed by atoms with E-state index < -0.39 is 0 Å². The summed E-state index contributed by atoms with van der Waals surface area (Å²) in [4.78, 5) is 0. The monoisotopic (exact) mass is 281 g/mol. The van der Waals surface area contributed by atoms with E-state index in [1.165, 1.54) is 0 Å². The lowest BCUT2D eigenvalue weighted by Crippen LogP contribution is -2.15. The highest BCUT2D eigenvalue weighted by Gasteiger charge is 2.05. The molecule has 4 nitrogen and oxygen atoms in total. The van der Waals surface area contributed by atoms with E-state index in [1.807, 2.05) is 18.2 Å². The normalized spacial score (nSPS) is 10.6. The molecule has 0 bridgehead atoms. The Morgan fingerprint density at radius 2 is 1.90 bits per heavy atom. The van der Waals surface area contributed by atoms with Crippen molar-refractivity contribution in [3.05, 3.63) is 23.8 Å². The van der Waals surface area contributed by atoms with E-state index >= 15 is 0 Å². The maximum absolute atomic E-state index is 5.81. The SMILES string of the molecule is CCCNCc1ccc(OC)cc1OCCOCCC. The molecule has 1 N–H and O–H groups in total. The van der Waals surface area contributed by atoms with E-state index in [-0.39, 0.29) is 0 Å². The molecule has 114 valence electrons. The van der Waals surface area contributed by atoms with E-state index in [9.17, 15) is 0 Å². The maximum atomic E-state index is 5.81. The van der Waals surface area contributed by atoms with Crippen LogP contribution in [0.5, 0.6) is 11.5 Å². The van der Waals surface area contributed by atoms with Gasteiger partial charge in [-0.3, -0.25) is 0 Å². The van der Waals surface area contributed by atoms with Gasteiger partial charge < -0.3 is 19.5 Å². The average Bonchev–Trinajstić information content (AvgIpc) is 2.48. The maximum Gasteiger partial charge on any atom is 0.127 e. The summed E-state index contributed by atoms with van der Waals surface area (Å²) in [5.41, 5.74) is 1.15. The van der Waals surface area contributed by atoms with Gasteiger partial charge in [-0.15, -0.1) is 0 Å². The van der Waals surface area contributed by atoms with Gasteiger partial charge in [0.2, 0.25) is 0 Å². The van der Waals surface area contributed by atoms with Gasteiger partial charge in [0.1, 0.15) is 18.1 Å². The van der Waals surface area contributed by atoms with Crippen LogP contribution >= 0.6 is 0 Å². The van der Waals surface area contributed by atoms with Gasteiger partial charge in [0, 0.05) is 24.8 Å². The summed E-state index contributed by atoms with van der Waals surface area (Å²) < 4.78 is 16.5. The van der Waals surface area contributed by atoms with Crippen LogP contribution < -0.4 is 14.8 Å². The third-order valence-electron chi connectivity index (χ3n) is 2.85. The lowest BCUT2D eigenvalue weighted by atomic mass is 10.2. The van der Waals surface area contributed by atoms with Gasteiger partial charge in [-0.1, -0.05) is 19.9 Å². The number of hydrogen-bond donors (Lipinski definition) is 1. The van der Waals surface area contributed by atoms with Crippen LogP contribution in [0.4, 0.5) is 0 Å². The third kappa shape index (κ3) is 6.26. The van der Waals surface area contributed by atoms with Crippen molar-refractivity contribution in [1.29, 1.82) is 0 Å². The summed E-state index contributed by atoms with van der Waals surface area (Å²) in [6.07, 6.45) is 2.16. The van der Waals surface area contributed by atoms with E-state index in [4.69, 9.17) is 14.2 Å². The summed E-state index contributed by atoms with van der Waals surface area (Å²) >= 11 is 0. The molecule has 0 aromatic heterocycles. The minimum absolute atomic E-state index is 0.563. The van der Waals surface area contributed by atoms with Crippen molar-refractivity contribution in [1.82, 2.24) is 5.32 Å². The molecule has 0 saturated heterocycles. The first-order valence-electron chi connectivity index (χ1n) is 7.40. The molecule has 0 aliphatic heterocycles. The molecule has 0 aliphatic carbocycles. The van der Waals surface area contributed by atoms with Gasteiger partial charge in [-0.05, 0) is 25.5 Å². The van der Waals surface area contributed by atoms with E-state index in [0.717, 1.165) is 49.6 Å². The van der Waals surface area contributed by atoms with Crippen LogP contribution in [0.15, 0.2) is 18.2 Å². The highest BCUT2D eigenvalue weighted by Crippen LogP contribution is 2.24. The predicted octanol–water partition coefficient (Wildman–Crippen LogP) is 3.00. The topological polar surface area (TPSA) is 39.7 Å². The predicted molar refractivity (Wildman–Crippen MR) is 81.6 cm³/mol. The number of hydrogen-bond acceptors (Lipinski definition) is 4. The van der Waals surface area contributed by atoms with Gasteiger partial charge in [-0.25, -0.2) is 0 Å². The van der Waals surface area contributed by atoms with Crippen LogP contribution in [0.1, 0.15) is 32.3 Å². The van der Waals surface area contributed by atoms with Gasteiger partial charge >= 0.3 is 0 Å². The summed E-state index contributed by atoms with van der Waals surface area (Å²) in [5.74, 6) is 1.68. The molecule has 1 rings (SSSR count). The smallest absolute Gasteiger partial charge is 0.127 e. The van der Waals surface area contributed by atoms with Crippen molar-refractivity contribution in [2.75, 3.05) is 33.5 Å². The number of benzene rings is 1. The number of ether oxygens (including phenoxy) is 3. The fraction of sp³-hybridized carbons (Fsp3) is 0.625. The molecular weight excluding hydrogens is 254 g/mol. The Hall–Kier alpha value is -1.26. The largest absolute Gasteiger partial charge is 0.497 e. The Morgan fingerprint density at radius 1 is 1.05 bits per heavy atom. The lowest BCUT2D eigenvalue weighted by Gasteiger charge is -2.13. The molecule has 0 radical (unpaired) electrons. The van der Waals surface area contributed by atoms with Crippen molar-refractivity contribution in [2.24, 2.45) is 0 Å². The molecule has 0 unspecified atom stereocenters. The van der Waals surface area contributed by atoms with Crippen molar-refractivity contribution in [3.63, 3.8) is 0 Å². The molecule has 1 aromatic carbocycles. The molecule has 20 heavy (non-hydrogen) atoms. The molecule has 0 fully saturated rings. The zero-order valence-electron chi connectivity index (χ0n) is 12.9. The Morgan fingerprint density at radius 3 is 2.60 bits per heavy atom. The summed E-state index contributed by atoms with van der Waals surface area (Å²) in [7, 11) is 1.67. The second-order valence-electron chi connectivity index (χ2n) is 4.61. The van der Waals surface area contributed by atoms with Crippen molar-refractivity contribution < 1.29 is 14.2 Å². The zero-order valence-corrected chi connectivity index (χ0v) is 12.9. The highest BCUT2D eigenvalue weighted by atomic mass is 16.5. The van der Waals surface area contributed by atoms with Crippen LogP contribution in [-0.2, 0) is 11.3 Å². The van der Waals surface area contributed by atoms with Gasteiger partial charge in [0.25, 0.3) is 0 Å². The van der Waals surface area contributed by atoms with E-state index in [0.29, 0.717) is 13.2 Å². The Labute approximate surface area is 122 Å². The van der Waals surface area contributed by atoms with Crippen molar-refractivity contribution in [3.8, 4) is 11.5 Å². The van der Waals surface area contributed by atoms with Crippen molar-refractivity contribution >= 4 is 0 Å². The lowest BCUT2D eigenvalue weighted by molar-refractivity contribution is 0.100. The molecule has 0 heterocycles. The van der Waals surface area contributed by atoms with Gasteiger partial charge in [-0.2, -0.15) is 0 Å². The van der Waals surface area contributed by atoms with E-state index in [2.05, 4.69) is 19.2 Å². The summed E-state index contributed by atoms with van der Waals surface area (Å²) in [5, 5.41) is 3.39. The second kappa shape index (κ2) is 10.5. The van der Waals surface area contributed by atoms with Crippen LogP contribution in [0.25, 0.3) is 0 Å². The molecule has 0 saturated carbocycles. The van der Waals surface area contributed by atoms with Crippen molar-refractivity contribution in [2.45, 2.75) is 33.2 Å². The minimum Gasteiger partial charge on any atom is -0.497 e. The molecule has 1 aromatic rings. The Bertz CT molecular complexity index is 369. The molecule has 0 spiro atoms. The first-order chi connectivity index (χ1) is 9.81. The Kier molecular flexibility index (Phi) is 8.83. The minimum atomic E-state index is 0.563. The summed E-state index contributed by atoms with van der Waals surface area (Å²) in [6, 6.07) is 5.94. The quantitative estimate of drug-likeness (QED) is 0.633. The van der Waals surface area contributed by atoms with Gasteiger partial charge in [0.05, 0.1) is 13.7 Å².